The van der Waals surface area contributed by atoms with Crippen molar-refractivity contribution in [3.05, 3.63) is 88.9 Å². The Morgan fingerprint density at radius 2 is 1.41 bits per heavy atom. The molecule has 1 N–H and O–H groups in total. The van der Waals surface area contributed by atoms with E-state index in [2.05, 4.69) is 35.6 Å². The molecule has 2 aromatic heterocycles. The van der Waals surface area contributed by atoms with Crippen LogP contribution in [0.25, 0.3) is 34.3 Å². The lowest BCUT2D eigenvalue weighted by atomic mass is 10.1. The van der Waals surface area contributed by atoms with Crippen molar-refractivity contribution in [1.29, 1.82) is 0 Å². The molecule has 5 aromatic rings. The van der Waals surface area contributed by atoms with Crippen LogP contribution in [0.5, 0.6) is 0 Å². The van der Waals surface area contributed by atoms with E-state index in [0.717, 1.165) is 0 Å². The van der Waals surface area contributed by atoms with Gasteiger partial charge in [0.15, 0.2) is 0 Å². The van der Waals surface area contributed by atoms with E-state index in [0.29, 0.717) is 50.4 Å². The van der Waals surface area contributed by atoms with Crippen LogP contribution in [0.2, 0.25) is 5.02 Å². The van der Waals surface area contributed by atoms with E-state index in [1.165, 1.54) is 14.2 Å². The maximum absolute atomic E-state index is 11.6. The molecule has 0 radical (unpaired) electrons. The summed E-state index contributed by atoms with van der Waals surface area (Å²) >= 11 is 6.11. The Balaban J connectivity index is 0.000000186. The summed E-state index contributed by atoms with van der Waals surface area (Å²) < 4.78 is 14.9. The molecule has 0 aliphatic carbocycles. The molecule has 0 bridgehead atoms. The molecule has 0 aliphatic heterocycles. The molecule has 5 rings (SSSR count). The molecule has 0 atom stereocenters. The van der Waals surface area contributed by atoms with Crippen LogP contribution in [0.4, 0.5) is 0 Å². The number of aromatic amines is 1. The molecule has 0 amide bonds. The van der Waals surface area contributed by atoms with Gasteiger partial charge in [-0.3, -0.25) is 0 Å². The molecule has 0 spiro atoms. The maximum atomic E-state index is 11.6. The van der Waals surface area contributed by atoms with Gasteiger partial charge in [0.2, 0.25) is 17.6 Å². The average Bonchev–Trinajstić information content (AvgIpc) is 3.66. The molecule has 0 unspecified atom stereocenters. The second kappa shape index (κ2) is 11.7. The normalized spacial score (nSPS) is 10.2. The number of tetrazole rings is 1. The minimum atomic E-state index is -0.423. The number of carbonyl (C=O) groups excluding carboxylic acids is 2. The number of aromatic nitrogens is 6. The first kappa shape index (κ1) is 25.2. The lowest BCUT2D eigenvalue weighted by Crippen LogP contribution is -2.00. The van der Waals surface area contributed by atoms with Crippen molar-refractivity contribution in [1.82, 2.24) is 30.8 Å². The fraction of sp³-hybridized carbons (Fsp3) is 0.0800. The van der Waals surface area contributed by atoms with Crippen LogP contribution in [-0.2, 0) is 9.47 Å². The summed E-state index contributed by atoms with van der Waals surface area (Å²) in [7, 11) is 2.67. The van der Waals surface area contributed by atoms with Crippen molar-refractivity contribution in [3.8, 4) is 34.3 Å². The molecule has 37 heavy (non-hydrogen) atoms. The monoisotopic (exact) mass is 518 g/mol. The second-order valence-corrected chi connectivity index (χ2v) is 7.68. The number of nitrogens with one attached hydrogen (secondary N) is 1. The van der Waals surface area contributed by atoms with Crippen molar-refractivity contribution in [2.45, 2.75) is 0 Å². The molecule has 11 nitrogen and oxygen atoms in total. The number of rotatable bonds is 5. The Morgan fingerprint density at radius 1 is 0.784 bits per heavy atom. The molecule has 0 saturated carbocycles. The molecule has 12 heteroatoms. The highest BCUT2D eigenvalue weighted by atomic mass is 35.5. The number of methoxy groups -OCH3 is 2. The predicted octanol–water partition coefficient (Wildman–Crippen LogP) is 4.50. The van der Waals surface area contributed by atoms with Gasteiger partial charge in [-0.05, 0) is 47.7 Å². The third kappa shape index (κ3) is 6.03. The number of hydrogen-bond acceptors (Lipinski definition) is 10. The van der Waals surface area contributed by atoms with Crippen molar-refractivity contribution < 1.29 is 23.5 Å². The van der Waals surface area contributed by atoms with Gasteiger partial charge in [0.25, 0.3) is 0 Å². The Kier molecular flexibility index (Phi) is 7.96. The summed E-state index contributed by atoms with van der Waals surface area (Å²) in [6.45, 7) is 0. The number of nitrogens with zero attached hydrogens (tertiary/aromatic N) is 5. The SMILES string of the molecule is COC(=O)c1cccc(-c2nn[nH]n2)c1.COC(=O)c1cccc(-c2nnc(-c3ccccc3Cl)o2)c1. The number of ether oxygens (including phenoxy) is 2. The Bertz CT molecular complexity index is 1520. The highest BCUT2D eigenvalue weighted by Crippen LogP contribution is 2.29. The first-order chi connectivity index (χ1) is 18.0. The van der Waals surface area contributed by atoms with Gasteiger partial charge in [-0.25, -0.2) is 9.59 Å². The standard InChI is InChI=1S/C16H11ClN2O3.C9H8N4O2/c1-21-16(20)11-6-4-5-10(9-11)14-18-19-15(22-14)12-7-2-3-8-13(12)17;1-15-9(14)7-4-2-3-6(5-7)8-10-12-13-11-8/h2-9H,1H3;2-5H,1H3,(H,10,11,12,13). The van der Waals surface area contributed by atoms with Crippen LogP contribution in [-0.4, -0.2) is 57.0 Å². The van der Waals surface area contributed by atoms with Gasteiger partial charge in [-0.1, -0.05) is 41.9 Å². The number of H-pyrrole nitrogens is 1. The number of esters is 2. The number of hydrogen-bond donors (Lipinski definition) is 1. The summed E-state index contributed by atoms with van der Waals surface area (Å²) in [5.74, 6) is 0.263. The van der Waals surface area contributed by atoms with Gasteiger partial charge in [0.05, 0.1) is 35.9 Å². The highest BCUT2D eigenvalue weighted by molar-refractivity contribution is 6.33. The lowest BCUT2D eigenvalue weighted by molar-refractivity contribution is 0.0592. The predicted molar refractivity (Wildman–Crippen MR) is 132 cm³/mol. The van der Waals surface area contributed by atoms with Crippen molar-refractivity contribution >= 4 is 23.5 Å². The van der Waals surface area contributed by atoms with Gasteiger partial charge in [0.1, 0.15) is 0 Å². The lowest BCUT2D eigenvalue weighted by Gasteiger charge is -2.00. The summed E-state index contributed by atoms with van der Waals surface area (Å²) in [4.78, 5) is 22.8. The molecule has 3 aromatic carbocycles. The third-order valence-corrected chi connectivity index (χ3v) is 5.28. The first-order valence-electron chi connectivity index (χ1n) is 10.7. The summed E-state index contributed by atoms with van der Waals surface area (Å²) in [5.41, 5.74) is 2.88. The smallest absolute Gasteiger partial charge is 0.337 e. The van der Waals surface area contributed by atoms with Crippen LogP contribution >= 0.6 is 11.6 Å². The zero-order chi connectivity index (χ0) is 26.2. The summed E-state index contributed by atoms with van der Waals surface area (Å²) in [6, 6.07) is 20.8. The fourth-order valence-corrected chi connectivity index (χ4v) is 3.38. The van der Waals surface area contributed by atoms with Crippen LogP contribution in [0.1, 0.15) is 20.7 Å². The molecular formula is C25H19ClN6O5. The first-order valence-corrected chi connectivity index (χ1v) is 11.1. The van der Waals surface area contributed by atoms with E-state index in [1.807, 2.05) is 12.1 Å². The molecule has 0 fully saturated rings. The van der Waals surface area contributed by atoms with Crippen LogP contribution < -0.4 is 0 Å². The number of halogens is 1. The van der Waals surface area contributed by atoms with E-state index in [4.69, 9.17) is 20.8 Å². The minimum Gasteiger partial charge on any atom is -0.465 e. The summed E-state index contributed by atoms with van der Waals surface area (Å²) in [5, 5.41) is 21.9. The van der Waals surface area contributed by atoms with Crippen LogP contribution in [0, 0.1) is 0 Å². The number of carbonyl (C=O) groups is 2. The Hall–Kier alpha value is -4.90. The largest absolute Gasteiger partial charge is 0.465 e. The van der Waals surface area contributed by atoms with Gasteiger partial charge in [-0.15, -0.1) is 20.4 Å². The number of benzene rings is 3. The fourth-order valence-electron chi connectivity index (χ4n) is 3.17. The van der Waals surface area contributed by atoms with Gasteiger partial charge in [-0.2, -0.15) is 5.21 Å². The second-order valence-electron chi connectivity index (χ2n) is 7.27. The molecule has 0 saturated heterocycles. The van der Waals surface area contributed by atoms with E-state index in [1.54, 1.807) is 60.7 Å². The summed E-state index contributed by atoms with van der Waals surface area (Å²) in [6.07, 6.45) is 0. The highest BCUT2D eigenvalue weighted by Gasteiger charge is 2.14. The minimum absolute atomic E-state index is 0.306. The van der Waals surface area contributed by atoms with E-state index >= 15 is 0 Å². The molecule has 2 heterocycles. The van der Waals surface area contributed by atoms with E-state index < -0.39 is 5.97 Å². The molecule has 186 valence electrons. The van der Waals surface area contributed by atoms with Gasteiger partial charge < -0.3 is 13.9 Å². The maximum Gasteiger partial charge on any atom is 0.337 e. The zero-order valence-corrected chi connectivity index (χ0v) is 20.3. The van der Waals surface area contributed by atoms with Gasteiger partial charge in [0, 0.05) is 11.1 Å². The average molecular weight is 519 g/mol. The van der Waals surface area contributed by atoms with E-state index in [-0.39, 0.29) is 5.97 Å². The van der Waals surface area contributed by atoms with Crippen molar-refractivity contribution in [2.24, 2.45) is 0 Å². The van der Waals surface area contributed by atoms with Gasteiger partial charge >= 0.3 is 11.9 Å². The Morgan fingerprint density at radius 3 is 2.03 bits per heavy atom. The quantitative estimate of drug-likeness (QED) is 0.330. The topological polar surface area (TPSA) is 146 Å². The molecular weight excluding hydrogens is 500 g/mol. The van der Waals surface area contributed by atoms with E-state index in [9.17, 15) is 9.59 Å². The van der Waals surface area contributed by atoms with Crippen LogP contribution in [0.15, 0.2) is 77.2 Å². The van der Waals surface area contributed by atoms with Crippen molar-refractivity contribution in [3.63, 3.8) is 0 Å². The van der Waals surface area contributed by atoms with Crippen molar-refractivity contribution in [2.75, 3.05) is 14.2 Å². The Labute approximate surface area is 215 Å². The zero-order valence-electron chi connectivity index (χ0n) is 19.6. The molecule has 0 aliphatic rings. The van der Waals surface area contributed by atoms with Crippen LogP contribution in [0.3, 0.4) is 0 Å². The third-order valence-electron chi connectivity index (χ3n) is 4.95.